The van der Waals surface area contributed by atoms with E-state index in [4.69, 9.17) is 10.5 Å². The van der Waals surface area contributed by atoms with Gasteiger partial charge in [-0.2, -0.15) is 5.10 Å². The molecule has 11 nitrogen and oxygen atoms in total. The van der Waals surface area contributed by atoms with Crippen LogP contribution in [0, 0.1) is 13.8 Å². The highest BCUT2D eigenvalue weighted by molar-refractivity contribution is 7.90. The minimum Gasteiger partial charge on any atom is -0.481 e. The smallest absolute Gasteiger partial charge is 0.268 e. The Morgan fingerprint density at radius 1 is 1.02 bits per heavy atom. The lowest BCUT2D eigenvalue weighted by molar-refractivity contribution is 0.103. The van der Waals surface area contributed by atoms with Gasteiger partial charge in [-0.15, -0.1) is 0 Å². The van der Waals surface area contributed by atoms with Gasteiger partial charge in [-0.1, -0.05) is 29.8 Å². The zero-order valence-electron chi connectivity index (χ0n) is 24.7. The first-order chi connectivity index (χ1) is 21.6. The molecule has 0 radical (unpaired) electrons. The molecular formula is C33H29N7O4S. The summed E-state index contributed by atoms with van der Waals surface area (Å²) in [5.41, 5.74) is 9.47. The predicted molar refractivity (Wildman–Crippen MR) is 171 cm³/mol. The first-order valence-corrected chi connectivity index (χ1v) is 15.7. The van der Waals surface area contributed by atoms with Crippen molar-refractivity contribution in [3.8, 4) is 17.0 Å². The number of methoxy groups -OCH3 is 1. The van der Waals surface area contributed by atoms with E-state index in [1.807, 2.05) is 38.1 Å². The molecule has 3 N–H and O–H groups in total. The zero-order chi connectivity index (χ0) is 31.5. The quantitative estimate of drug-likeness (QED) is 0.258. The van der Waals surface area contributed by atoms with E-state index in [2.05, 4.69) is 20.1 Å². The Morgan fingerprint density at radius 3 is 2.53 bits per heavy atom. The molecule has 1 atom stereocenters. The predicted octanol–water partition coefficient (Wildman–Crippen LogP) is 3.50. The van der Waals surface area contributed by atoms with Gasteiger partial charge in [-0.3, -0.25) is 4.79 Å². The van der Waals surface area contributed by atoms with E-state index in [9.17, 15) is 13.2 Å². The molecule has 6 aromatic rings. The SMILES string of the molecule is COc1ccc(-c2ccc3c(c2)cc(C(=O)c2cnn(C4C=c5nc(C)[nH]c5=CC4)c2N)n3S(=O)(=O)c2ccc(C)cc2)cn1. The minimum absolute atomic E-state index is 0.0498. The average Bonchev–Trinajstić information content (AvgIpc) is 3.74. The second-order valence-electron chi connectivity index (χ2n) is 11.0. The van der Waals surface area contributed by atoms with E-state index in [-0.39, 0.29) is 28.0 Å². The lowest BCUT2D eigenvalue weighted by Gasteiger charge is -2.15. The molecule has 0 bridgehead atoms. The average molecular weight is 620 g/mol. The summed E-state index contributed by atoms with van der Waals surface area (Å²) in [4.78, 5) is 26.3. The van der Waals surface area contributed by atoms with Crippen LogP contribution in [0.2, 0.25) is 0 Å². The molecule has 0 saturated carbocycles. The number of hydrogen-bond donors (Lipinski definition) is 2. The molecule has 2 aromatic carbocycles. The number of nitrogen functional groups attached to an aromatic ring is 1. The topological polar surface area (TPSA) is 151 Å². The standard InChI is InChI=1S/C33H29N7O4S/c1-19-4-9-25(10-5-19)45(42,43)40-29-12-6-21(22-7-13-31(44-3)35-17-22)14-23(29)15-30(40)32(41)26-18-36-39(33(26)34)24-8-11-27-28(16-24)38-20(2)37-27/h4-7,9-18,24H,8,34H2,1-3H3,(H,37,38). The summed E-state index contributed by atoms with van der Waals surface area (Å²) in [6.07, 6.45) is 7.63. The van der Waals surface area contributed by atoms with Crippen LogP contribution in [0.3, 0.4) is 0 Å². The van der Waals surface area contributed by atoms with E-state index < -0.39 is 15.8 Å². The summed E-state index contributed by atoms with van der Waals surface area (Å²) in [6.45, 7) is 3.76. The number of rotatable bonds is 7. The number of ether oxygens (including phenoxy) is 1. The molecule has 1 unspecified atom stereocenters. The van der Waals surface area contributed by atoms with Crippen molar-refractivity contribution in [3.05, 3.63) is 106 Å². The highest BCUT2D eigenvalue weighted by Gasteiger charge is 2.30. The van der Waals surface area contributed by atoms with Crippen LogP contribution in [0.15, 0.2) is 78.0 Å². The Morgan fingerprint density at radius 2 is 1.80 bits per heavy atom. The zero-order valence-corrected chi connectivity index (χ0v) is 25.5. The molecule has 4 heterocycles. The molecule has 0 aliphatic heterocycles. The normalized spacial score (nSPS) is 14.5. The number of benzene rings is 2. The Balaban J connectivity index is 1.36. The van der Waals surface area contributed by atoms with Crippen LogP contribution in [0.5, 0.6) is 5.88 Å². The number of pyridine rings is 1. The molecule has 0 spiro atoms. The summed E-state index contributed by atoms with van der Waals surface area (Å²) in [5.74, 6) is 0.852. The first kappa shape index (κ1) is 28.3. The van der Waals surface area contributed by atoms with E-state index in [1.54, 1.807) is 54.4 Å². The minimum atomic E-state index is -4.19. The van der Waals surface area contributed by atoms with E-state index >= 15 is 0 Å². The van der Waals surface area contributed by atoms with Gasteiger partial charge in [0.25, 0.3) is 10.0 Å². The van der Waals surface area contributed by atoms with E-state index in [1.165, 1.54) is 18.3 Å². The van der Waals surface area contributed by atoms with Gasteiger partial charge in [0.2, 0.25) is 11.7 Å². The molecule has 45 heavy (non-hydrogen) atoms. The molecule has 0 saturated heterocycles. The van der Waals surface area contributed by atoms with Gasteiger partial charge in [0.1, 0.15) is 17.3 Å². The highest BCUT2D eigenvalue weighted by Crippen LogP contribution is 2.33. The number of ketones is 1. The molecular weight excluding hydrogens is 590 g/mol. The second-order valence-corrected chi connectivity index (χ2v) is 12.8. The third-order valence-electron chi connectivity index (χ3n) is 8.01. The molecule has 7 rings (SSSR count). The maximum Gasteiger partial charge on any atom is 0.268 e. The number of carbonyl (C=O) groups excluding carboxylic acids is 1. The fourth-order valence-electron chi connectivity index (χ4n) is 5.69. The third kappa shape index (κ3) is 4.79. The number of imidazole rings is 1. The van der Waals surface area contributed by atoms with E-state index in [0.717, 1.165) is 37.2 Å². The maximum atomic E-state index is 14.2. The number of carbonyl (C=O) groups is 1. The van der Waals surface area contributed by atoms with Crippen LogP contribution in [0.1, 0.15) is 39.9 Å². The molecule has 1 aliphatic rings. The Labute approximate surface area is 258 Å². The van der Waals surface area contributed by atoms with Gasteiger partial charge in [0, 0.05) is 23.2 Å². The molecule has 0 amide bonds. The van der Waals surface area contributed by atoms with Gasteiger partial charge in [0.15, 0.2) is 0 Å². The number of nitrogens with zero attached hydrogens (tertiary/aromatic N) is 5. The van der Waals surface area contributed by atoms with Gasteiger partial charge < -0.3 is 15.5 Å². The second kappa shape index (κ2) is 10.6. The van der Waals surface area contributed by atoms with Gasteiger partial charge in [-0.05, 0) is 68.3 Å². The fraction of sp³-hybridized carbons (Fsp3) is 0.152. The molecule has 12 heteroatoms. The van der Waals surface area contributed by atoms with Crippen LogP contribution in [0.4, 0.5) is 5.82 Å². The monoisotopic (exact) mass is 619 g/mol. The van der Waals surface area contributed by atoms with Crippen LogP contribution in [-0.4, -0.2) is 50.0 Å². The number of fused-ring (bicyclic) bond motifs is 2. The fourth-order valence-corrected chi connectivity index (χ4v) is 7.20. The van der Waals surface area contributed by atoms with Crippen molar-refractivity contribution in [3.63, 3.8) is 0 Å². The summed E-state index contributed by atoms with van der Waals surface area (Å²) in [5, 5.41) is 6.74. The Hall–Kier alpha value is -5.49. The van der Waals surface area contributed by atoms with Gasteiger partial charge >= 0.3 is 0 Å². The molecule has 4 aromatic heterocycles. The van der Waals surface area contributed by atoms with Crippen molar-refractivity contribution in [2.75, 3.05) is 12.8 Å². The molecule has 0 fully saturated rings. The van der Waals surface area contributed by atoms with Crippen molar-refractivity contribution in [2.45, 2.75) is 31.2 Å². The molecule has 226 valence electrons. The third-order valence-corrected chi connectivity index (χ3v) is 9.76. The largest absolute Gasteiger partial charge is 0.481 e. The highest BCUT2D eigenvalue weighted by atomic mass is 32.2. The lowest BCUT2D eigenvalue weighted by atomic mass is 10.1. The summed E-state index contributed by atoms with van der Waals surface area (Å²) < 4.78 is 36.2. The van der Waals surface area contributed by atoms with Gasteiger partial charge in [-0.25, -0.2) is 27.0 Å². The number of hydrogen-bond acceptors (Lipinski definition) is 8. The summed E-state index contributed by atoms with van der Waals surface area (Å²) in [6, 6.07) is 16.8. The van der Waals surface area contributed by atoms with Crippen LogP contribution in [-0.2, 0) is 10.0 Å². The van der Waals surface area contributed by atoms with Crippen LogP contribution < -0.4 is 21.2 Å². The van der Waals surface area contributed by atoms with Crippen molar-refractivity contribution in [1.29, 1.82) is 0 Å². The number of aromatic nitrogens is 6. The lowest BCUT2D eigenvalue weighted by Crippen LogP contribution is -2.30. The number of H-pyrrole nitrogens is 1. The first-order valence-electron chi connectivity index (χ1n) is 14.2. The van der Waals surface area contributed by atoms with Crippen LogP contribution in [0.25, 0.3) is 34.2 Å². The molecule has 1 aliphatic carbocycles. The van der Waals surface area contributed by atoms with Crippen molar-refractivity contribution >= 4 is 44.7 Å². The summed E-state index contributed by atoms with van der Waals surface area (Å²) >= 11 is 0. The number of anilines is 1. The maximum absolute atomic E-state index is 14.2. The van der Waals surface area contributed by atoms with Crippen LogP contribution >= 0.6 is 0 Å². The van der Waals surface area contributed by atoms with Crippen molar-refractivity contribution in [2.24, 2.45) is 0 Å². The van der Waals surface area contributed by atoms with Gasteiger partial charge in [0.05, 0.1) is 46.0 Å². The Kier molecular flexibility index (Phi) is 6.66. The van der Waals surface area contributed by atoms with Crippen molar-refractivity contribution in [1.82, 2.24) is 28.7 Å². The number of nitrogens with one attached hydrogen (secondary N) is 1. The number of aromatic amines is 1. The van der Waals surface area contributed by atoms with E-state index in [0.29, 0.717) is 23.2 Å². The Bertz CT molecular complexity index is 2350. The number of nitrogens with two attached hydrogens (primary N) is 1. The van der Waals surface area contributed by atoms with Crippen molar-refractivity contribution < 1.29 is 17.9 Å². The number of aryl methyl sites for hydroxylation is 2. The summed E-state index contributed by atoms with van der Waals surface area (Å²) in [7, 11) is -2.65.